The zero-order valence-corrected chi connectivity index (χ0v) is 9.29. The van der Waals surface area contributed by atoms with E-state index in [2.05, 4.69) is 6.92 Å². The summed E-state index contributed by atoms with van der Waals surface area (Å²) in [5.41, 5.74) is 6.24. The number of rotatable bonds is 5. The second-order valence-electron chi connectivity index (χ2n) is 3.67. The number of ether oxygens (including phenoxy) is 1. The van der Waals surface area contributed by atoms with Gasteiger partial charge in [-0.2, -0.15) is 0 Å². The molecule has 0 saturated carbocycles. The van der Waals surface area contributed by atoms with E-state index < -0.39 is 0 Å². The monoisotopic (exact) mass is 211 g/mol. The van der Waals surface area contributed by atoms with Crippen molar-refractivity contribution in [3.8, 4) is 5.75 Å². The number of halogens is 1. The predicted molar refractivity (Wildman–Crippen MR) is 59.3 cm³/mol. The Morgan fingerprint density at radius 3 is 2.80 bits per heavy atom. The van der Waals surface area contributed by atoms with E-state index in [4.69, 9.17) is 10.5 Å². The molecule has 0 saturated heterocycles. The molecule has 0 fully saturated rings. The van der Waals surface area contributed by atoms with E-state index in [0.717, 1.165) is 18.4 Å². The maximum atomic E-state index is 12.9. The lowest BCUT2D eigenvalue weighted by Crippen LogP contribution is -2.13. The molecular formula is C12H18FNO. The van der Waals surface area contributed by atoms with E-state index >= 15 is 0 Å². The zero-order chi connectivity index (χ0) is 11.3. The van der Waals surface area contributed by atoms with E-state index in [1.807, 2.05) is 6.92 Å². The number of benzene rings is 1. The molecule has 15 heavy (non-hydrogen) atoms. The topological polar surface area (TPSA) is 35.2 Å². The van der Waals surface area contributed by atoms with Gasteiger partial charge in [0.2, 0.25) is 0 Å². The Morgan fingerprint density at radius 1 is 1.47 bits per heavy atom. The fourth-order valence-corrected chi connectivity index (χ4v) is 1.50. The summed E-state index contributed by atoms with van der Waals surface area (Å²) in [6.45, 7) is 4.41. The normalized spacial score (nSPS) is 12.5. The van der Waals surface area contributed by atoms with Crippen molar-refractivity contribution in [2.24, 2.45) is 5.73 Å². The molecule has 1 rings (SSSR count). The molecule has 0 aliphatic carbocycles. The smallest absolute Gasteiger partial charge is 0.124 e. The molecule has 1 aromatic rings. The first-order valence-electron chi connectivity index (χ1n) is 5.32. The van der Waals surface area contributed by atoms with Crippen LogP contribution in [-0.4, -0.2) is 6.10 Å². The lowest BCUT2D eigenvalue weighted by atomic mass is 10.2. The maximum absolute atomic E-state index is 12.9. The van der Waals surface area contributed by atoms with Crippen molar-refractivity contribution in [3.05, 3.63) is 29.6 Å². The van der Waals surface area contributed by atoms with Gasteiger partial charge in [-0.3, -0.25) is 0 Å². The highest BCUT2D eigenvalue weighted by Gasteiger charge is 2.07. The molecule has 0 heterocycles. The Balaban J connectivity index is 2.75. The van der Waals surface area contributed by atoms with Gasteiger partial charge >= 0.3 is 0 Å². The van der Waals surface area contributed by atoms with Gasteiger partial charge in [-0.1, -0.05) is 13.3 Å². The van der Waals surface area contributed by atoms with E-state index in [1.165, 1.54) is 12.1 Å². The minimum Gasteiger partial charge on any atom is -0.490 e. The Labute approximate surface area is 90.2 Å². The minimum absolute atomic E-state index is 0.144. The fourth-order valence-electron chi connectivity index (χ4n) is 1.50. The molecule has 1 atom stereocenters. The summed E-state index contributed by atoms with van der Waals surface area (Å²) >= 11 is 0. The van der Waals surface area contributed by atoms with Crippen LogP contribution < -0.4 is 10.5 Å². The maximum Gasteiger partial charge on any atom is 0.124 e. The Bertz CT molecular complexity index is 314. The molecule has 2 N–H and O–H groups in total. The van der Waals surface area contributed by atoms with Crippen LogP contribution in [0.15, 0.2) is 18.2 Å². The number of hydrogen-bond acceptors (Lipinski definition) is 2. The second-order valence-corrected chi connectivity index (χ2v) is 3.67. The third kappa shape index (κ3) is 3.51. The largest absolute Gasteiger partial charge is 0.490 e. The molecule has 0 aromatic heterocycles. The van der Waals surface area contributed by atoms with Gasteiger partial charge in [0.25, 0.3) is 0 Å². The summed E-state index contributed by atoms with van der Waals surface area (Å²) in [5.74, 6) is 0.422. The van der Waals surface area contributed by atoms with Crippen molar-refractivity contribution in [2.45, 2.75) is 39.3 Å². The Kier molecular flexibility index (Phi) is 4.56. The van der Waals surface area contributed by atoms with Crippen molar-refractivity contribution >= 4 is 0 Å². The first-order chi connectivity index (χ1) is 7.17. The zero-order valence-electron chi connectivity index (χ0n) is 9.29. The molecule has 0 radical (unpaired) electrons. The first-order valence-corrected chi connectivity index (χ1v) is 5.32. The van der Waals surface area contributed by atoms with Gasteiger partial charge in [0.15, 0.2) is 0 Å². The van der Waals surface area contributed by atoms with Gasteiger partial charge in [-0.15, -0.1) is 0 Å². The molecule has 1 aromatic carbocycles. The van der Waals surface area contributed by atoms with Crippen molar-refractivity contribution in [1.82, 2.24) is 0 Å². The van der Waals surface area contributed by atoms with Crippen molar-refractivity contribution < 1.29 is 9.13 Å². The molecule has 0 aliphatic rings. The third-order valence-electron chi connectivity index (χ3n) is 2.27. The lowest BCUT2D eigenvalue weighted by molar-refractivity contribution is 0.207. The highest BCUT2D eigenvalue weighted by molar-refractivity contribution is 5.33. The molecule has 0 amide bonds. The predicted octanol–water partition coefficient (Wildman–Crippen LogP) is 2.85. The van der Waals surface area contributed by atoms with Gasteiger partial charge in [0, 0.05) is 12.1 Å². The van der Waals surface area contributed by atoms with Crippen LogP contribution in [0.1, 0.15) is 32.3 Å². The molecule has 84 valence electrons. The molecule has 2 nitrogen and oxygen atoms in total. The van der Waals surface area contributed by atoms with Gasteiger partial charge in [0.1, 0.15) is 11.6 Å². The molecular weight excluding hydrogens is 193 g/mol. The molecule has 1 unspecified atom stereocenters. The third-order valence-corrected chi connectivity index (χ3v) is 2.27. The Hall–Kier alpha value is -1.09. The molecule has 0 bridgehead atoms. The van der Waals surface area contributed by atoms with Crippen LogP contribution in [0.25, 0.3) is 0 Å². The summed E-state index contributed by atoms with van der Waals surface area (Å²) in [4.78, 5) is 0. The van der Waals surface area contributed by atoms with Gasteiger partial charge in [-0.25, -0.2) is 4.39 Å². The second kappa shape index (κ2) is 5.71. The average molecular weight is 211 g/mol. The van der Waals surface area contributed by atoms with Crippen molar-refractivity contribution in [2.75, 3.05) is 0 Å². The van der Waals surface area contributed by atoms with Crippen LogP contribution in [0.4, 0.5) is 4.39 Å². The average Bonchev–Trinajstić information content (AvgIpc) is 2.21. The van der Waals surface area contributed by atoms with Crippen LogP contribution in [0.5, 0.6) is 5.75 Å². The lowest BCUT2D eigenvalue weighted by Gasteiger charge is -2.16. The van der Waals surface area contributed by atoms with Crippen LogP contribution in [0, 0.1) is 5.82 Å². The SMILES string of the molecule is CCCC(C)Oc1ccc(F)cc1CN. The van der Waals surface area contributed by atoms with E-state index in [1.54, 1.807) is 6.07 Å². The minimum atomic E-state index is -0.272. The van der Waals surface area contributed by atoms with Gasteiger partial charge < -0.3 is 10.5 Å². The summed E-state index contributed by atoms with van der Waals surface area (Å²) in [6.07, 6.45) is 2.20. The Morgan fingerprint density at radius 2 is 2.20 bits per heavy atom. The molecule has 0 spiro atoms. The molecule has 0 aliphatic heterocycles. The van der Waals surface area contributed by atoms with Crippen molar-refractivity contribution in [3.63, 3.8) is 0 Å². The van der Waals surface area contributed by atoms with Crippen LogP contribution >= 0.6 is 0 Å². The standard InChI is InChI=1S/C12H18FNO/c1-3-4-9(2)15-12-6-5-11(13)7-10(12)8-14/h5-7,9H,3-4,8,14H2,1-2H3. The van der Waals surface area contributed by atoms with E-state index in [-0.39, 0.29) is 11.9 Å². The van der Waals surface area contributed by atoms with Crippen LogP contribution in [0.3, 0.4) is 0 Å². The van der Waals surface area contributed by atoms with Crippen LogP contribution in [0.2, 0.25) is 0 Å². The van der Waals surface area contributed by atoms with Gasteiger partial charge in [0.05, 0.1) is 6.10 Å². The van der Waals surface area contributed by atoms with Crippen molar-refractivity contribution in [1.29, 1.82) is 0 Å². The molecule has 3 heteroatoms. The number of nitrogens with two attached hydrogens (primary N) is 1. The van der Waals surface area contributed by atoms with Gasteiger partial charge in [-0.05, 0) is 31.5 Å². The fraction of sp³-hybridized carbons (Fsp3) is 0.500. The summed E-state index contributed by atoms with van der Waals surface area (Å²) in [6, 6.07) is 4.46. The quantitative estimate of drug-likeness (QED) is 0.812. The summed E-state index contributed by atoms with van der Waals surface area (Å²) < 4.78 is 18.6. The highest BCUT2D eigenvalue weighted by Crippen LogP contribution is 2.21. The van der Waals surface area contributed by atoms with Crippen LogP contribution in [-0.2, 0) is 6.54 Å². The first kappa shape index (κ1) is 12.0. The summed E-state index contributed by atoms with van der Waals surface area (Å²) in [7, 11) is 0. The summed E-state index contributed by atoms with van der Waals surface area (Å²) in [5, 5.41) is 0. The number of hydrogen-bond donors (Lipinski definition) is 1. The van der Waals surface area contributed by atoms with E-state index in [9.17, 15) is 4.39 Å². The van der Waals surface area contributed by atoms with E-state index in [0.29, 0.717) is 12.3 Å². The highest BCUT2D eigenvalue weighted by atomic mass is 19.1.